The number of urea groups is 1. The van der Waals surface area contributed by atoms with Gasteiger partial charge in [0.25, 0.3) is 5.91 Å². The highest BCUT2D eigenvalue weighted by Gasteiger charge is 2.55. The number of carbonyl (C=O) groups excluding carboxylic acids is 3. The van der Waals surface area contributed by atoms with E-state index >= 15 is 0 Å². The largest absolute Gasteiger partial charge is 0.376 e. The van der Waals surface area contributed by atoms with Gasteiger partial charge in [-0.15, -0.1) is 0 Å². The molecule has 29 heavy (non-hydrogen) atoms. The van der Waals surface area contributed by atoms with Crippen molar-refractivity contribution in [2.45, 2.75) is 84.3 Å². The Balaban J connectivity index is 1.67. The molecular weight excluding hydrogens is 370 g/mol. The highest BCUT2D eigenvalue weighted by molar-refractivity contribution is 6.07. The fourth-order valence-corrected chi connectivity index (χ4v) is 5.03. The van der Waals surface area contributed by atoms with Crippen molar-refractivity contribution in [1.29, 1.82) is 0 Å². The Bertz CT molecular complexity index is 630. The normalized spacial score (nSPS) is 28.9. The van der Waals surface area contributed by atoms with Gasteiger partial charge in [0.1, 0.15) is 5.54 Å². The minimum Gasteiger partial charge on any atom is -0.376 e. The number of likely N-dealkylation sites (tertiary alicyclic amines) is 1. The van der Waals surface area contributed by atoms with Crippen LogP contribution in [0.3, 0.4) is 0 Å². The lowest BCUT2D eigenvalue weighted by Crippen LogP contribution is -2.56. The molecule has 1 N–H and O–H groups in total. The summed E-state index contributed by atoms with van der Waals surface area (Å²) in [6.07, 6.45) is 5.32. The molecule has 0 spiro atoms. The van der Waals surface area contributed by atoms with Crippen molar-refractivity contribution in [3.8, 4) is 0 Å². The lowest BCUT2D eigenvalue weighted by molar-refractivity contribution is -0.137. The number of nitrogens with one attached hydrogen (secondary N) is 1. The number of piperidine rings is 1. The summed E-state index contributed by atoms with van der Waals surface area (Å²) < 4.78 is 5.65. The monoisotopic (exact) mass is 407 g/mol. The highest BCUT2D eigenvalue weighted by atomic mass is 16.5. The standard InChI is InChI=1S/C22H37N3O4/c1-5-10-22(16-8-11-24(12-9-16)18(26)14-21(2,3)4)19(27)25(20(28)23-22)15-17-7-6-13-29-17/h16-17H,5-15H2,1-4H3,(H,23,28). The van der Waals surface area contributed by atoms with Gasteiger partial charge in [-0.05, 0) is 43.4 Å². The molecule has 3 heterocycles. The van der Waals surface area contributed by atoms with Gasteiger partial charge in [0.2, 0.25) is 5.91 Å². The molecule has 3 rings (SSSR count). The first kappa shape index (κ1) is 22.1. The molecule has 2 atom stereocenters. The van der Waals surface area contributed by atoms with Crippen LogP contribution in [0, 0.1) is 11.3 Å². The minimum absolute atomic E-state index is 0.0322. The summed E-state index contributed by atoms with van der Waals surface area (Å²) in [6.45, 7) is 10.6. The summed E-state index contributed by atoms with van der Waals surface area (Å²) in [4.78, 5) is 42.0. The molecule has 0 aromatic heterocycles. The molecular formula is C22H37N3O4. The second kappa shape index (κ2) is 8.62. The van der Waals surface area contributed by atoms with Crippen LogP contribution in [0.15, 0.2) is 0 Å². The van der Waals surface area contributed by atoms with Crippen LogP contribution in [0.2, 0.25) is 0 Å². The molecule has 0 bridgehead atoms. The van der Waals surface area contributed by atoms with E-state index < -0.39 is 5.54 Å². The first-order valence-corrected chi connectivity index (χ1v) is 11.2. The number of rotatable bonds is 6. The molecule has 3 saturated heterocycles. The summed E-state index contributed by atoms with van der Waals surface area (Å²) >= 11 is 0. The fraction of sp³-hybridized carbons (Fsp3) is 0.864. The zero-order valence-electron chi connectivity index (χ0n) is 18.5. The Labute approximate surface area is 174 Å². The third kappa shape index (κ3) is 4.76. The van der Waals surface area contributed by atoms with Crippen LogP contribution < -0.4 is 5.32 Å². The molecule has 0 aromatic carbocycles. The number of ether oxygens (including phenoxy) is 1. The molecule has 0 saturated carbocycles. The third-order valence-corrected chi connectivity index (χ3v) is 6.48. The quantitative estimate of drug-likeness (QED) is 0.687. The molecule has 3 fully saturated rings. The van der Waals surface area contributed by atoms with Gasteiger partial charge in [0, 0.05) is 26.1 Å². The summed E-state index contributed by atoms with van der Waals surface area (Å²) in [5, 5.41) is 3.07. The average Bonchev–Trinajstić information content (AvgIpc) is 3.24. The Morgan fingerprint density at radius 2 is 1.90 bits per heavy atom. The molecule has 0 aliphatic carbocycles. The van der Waals surface area contributed by atoms with E-state index in [4.69, 9.17) is 4.74 Å². The third-order valence-electron chi connectivity index (χ3n) is 6.48. The van der Waals surface area contributed by atoms with E-state index in [-0.39, 0.29) is 35.3 Å². The number of amides is 4. The first-order chi connectivity index (χ1) is 13.7. The maximum absolute atomic E-state index is 13.4. The summed E-state index contributed by atoms with van der Waals surface area (Å²) in [6, 6.07) is -0.287. The van der Waals surface area contributed by atoms with Crippen LogP contribution in [-0.2, 0) is 14.3 Å². The van der Waals surface area contributed by atoms with Crippen molar-refractivity contribution >= 4 is 17.8 Å². The van der Waals surface area contributed by atoms with Gasteiger partial charge < -0.3 is 15.0 Å². The first-order valence-electron chi connectivity index (χ1n) is 11.2. The van der Waals surface area contributed by atoms with Crippen LogP contribution in [-0.4, -0.2) is 65.5 Å². The molecule has 2 unspecified atom stereocenters. The minimum atomic E-state index is -0.830. The van der Waals surface area contributed by atoms with E-state index in [0.29, 0.717) is 39.1 Å². The summed E-state index contributed by atoms with van der Waals surface area (Å²) in [5.41, 5.74) is -0.862. The van der Waals surface area contributed by atoms with Crippen LogP contribution >= 0.6 is 0 Å². The zero-order valence-corrected chi connectivity index (χ0v) is 18.5. The summed E-state index contributed by atoms with van der Waals surface area (Å²) in [7, 11) is 0. The van der Waals surface area contributed by atoms with Crippen molar-refractivity contribution in [3.63, 3.8) is 0 Å². The van der Waals surface area contributed by atoms with Crippen molar-refractivity contribution in [1.82, 2.24) is 15.1 Å². The number of imide groups is 1. The predicted molar refractivity (Wildman–Crippen MR) is 110 cm³/mol. The Morgan fingerprint density at radius 1 is 1.21 bits per heavy atom. The summed E-state index contributed by atoms with van der Waals surface area (Å²) in [5.74, 6) is 0.147. The van der Waals surface area contributed by atoms with Gasteiger partial charge in [0.15, 0.2) is 0 Å². The molecule has 7 heteroatoms. The van der Waals surface area contributed by atoms with E-state index in [9.17, 15) is 14.4 Å². The molecule has 0 radical (unpaired) electrons. The highest BCUT2D eigenvalue weighted by Crippen LogP contribution is 2.38. The van der Waals surface area contributed by atoms with Crippen molar-refractivity contribution in [2.24, 2.45) is 11.3 Å². The van der Waals surface area contributed by atoms with E-state index in [1.807, 2.05) is 11.8 Å². The molecule has 3 aliphatic heterocycles. The van der Waals surface area contributed by atoms with Crippen molar-refractivity contribution < 1.29 is 19.1 Å². The van der Waals surface area contributed by atoms with Gasteiger partial charge in [-0.2, -0.15) is 0 Å². The Kier molecular flexibility index (Phi) is 6.56. The fourth-order valence-electron chi connectivity index (χ4n) is 5.03. The van der Waals surface area contributed by atoms with Crippen molar-refractivity contribution in [2.75, 3.05) is 26.2 Å². The Morgan fingerprint density at radius 3 is 2.45 bits per heavy atom. The van der Waals surface area contributed by atoms with Crippen LogP contribution in [0.1, 0.15) is 72.6 Å². The SMILES string of the molecule is CCCC1(C2CCN(C(=O)CC(C)(C)C)CC2)NC(=O)N(CC2CCCO2)C1=O. The zero-order chi connectivity index (χ0) is 21.2. The molecule has 4 amide bonds. The maximum Gasteiger partial charge on any atom is 0.325 e. The lowest BCUT2D eigenvalue weighted by atomic mass is 9.74. The predicted octanol–water partition coefficient (Wildman–Crippen LogP) is 2.93. The smallest absolute Gasteiger partial charge is 0.325 e. The van der Waals surface area contributed by atoms with Gasteiger partial charge in [-0.1, -0.05) is 34.1 Å². The molecule has 0 aromatic rings. The molecule has 7 nitrogen and oxygen atoms in total. The Hall–Kier alpha value is -1.63. The average molecular weight is 408 g/mol. The molecule has 3 aliphatic rings. The lowest BCUT2D eigenvalue weighted by Gasteiger charge is -2.41. The van der Waals surface area contributed by atoms with E-state index in [1.54, 1.807) is 0 Å². The van der Waals surface area contributed by atoms with Gasteiger partial charge in [-0.25, -0.2) is 4.79 Å². The van der Waals surface area contributed by atoms with Gasteiger partial charge in [-0.3, -0.25) is 14.5 Å². The van der Waals surface area contributed by atoms with E-state index in [2.05, 4.69) is 26.1 Å². The molecule has 164 valence electrons. The number of hydrogen-bond donors (Lipinski definition) is 1. The second-order valence-electron chi connectivity index (χ2n) is 10.1. The van der Waals surface area contributed by atoms with Gasteiger partial charge >= 0.3 is 6.03 Å². The second-order valence-corrected chi connectivity index (χ2v) is 10.1. The maximum atomic E-state index is 13.4. The van der Waals surface area contributed by atoms with Crippen LogP contribution in [0.4, 0.5) is 4.79 Å². The number of hydrogen-bond acceptors (Lipinski definition) is 4. The van der Waals surface area contributed by atoms with E-state index in [1.165, 1.54) is 4.90 Å². The topological polar surface area (TPSA) is 79.0 Å². The van der Waals surface area contributed by atoms with Crippen LogP contribution in [0.25, 0.3) is 0 Å². The van der Waals surface area contributed by atoms with Gasteiger partial charge in [0.05, 0.1) is 12.6 Å². The number of nitrogens with zero attached hydrogens (tertiary/aromatic N) is 2. The van der Waals surface area contributed by atoms with Crippen LogP contribution in [0.5, 0.6) is 0 Å². The van der Waals surface area contributed by atoms with E-state index in [0.717, 1.165) is 32.1 Å². The number of carbonyl (C=O) groups is 3. The van der Waals surface area contributed by atoms with Crippen molar-refractivity contribution in [3.05, 3.63) is 0 Å².